The number of hydrogen-bond donors (Lipinski definition) is 1. The molecule has 1 aromatic rings. The highest BCUT2D eigenvalue weighted by Gasteiger charge is 2.16. The molecule has 0 unspecified atom stereocenters. The highest BCUT2D eigenvalue weighted by atomic mass is 127. The summed E-state index contributed by atoms with van der Waals surface area (Å²) in [6.45, 7) is 0. The Hall–Kier alpha value is -0.660. The molecule has 0 heterocycles. The Morgan fingerprint density at radius 2 is 1.80 bits per heavy atom. The molecule has 82 valence electrons. The number of nitrogens with one attached hydrogen (secondary N) is 1. The Labute approximate surface area is 102 Å². The third-order valence-corrected chi connectivity index (χ3v) is 2.47. The first kappa shape index (κ1) is 12.4. The van der Waals surface area contributed by atoms with E-state index in [0.29, 0.717) is 0 Å². The van der Waals surface area contributed by atoms with Crippen molar-refractivity contribution in [1.29, 1.82) is 0 Å². The van der Waals surface area contributed by atoms with E-state index < -0.39 is 6.29 Å². The third kappa shape index (κ3) is 3.77. The van der Waals surface area contributed by atoms with Crippen molar-refractivity contribution < 1.29 is 14.3 Å². The van der Waals surface area contributed by atoms with Gasteiger partial charge in [0.05, 0.1) is 0 Å². The van der Waals surface area contributed by atoms with Crippen molar-refractivity contribution in [2.75, 3.05) is 19.5 Å². The lowest BCUT2D eigenvalue weighted by atomic mass is 10.3. The van der Waals surface area contributed by atoms with Crippen molar-refractivity contribution in [2.24, 2.45) is 0 Å². The first-order valence-corrected chi connectivity index (χ1v) is 5.37. The van der Waals surface area contributed by atoms with E-state index in [9.17, 15) is 4.79 Å². The number of carbonyl (C=O) groups excluding carboxylic acids is 1. The summed E-state index contributed by atoms with van der Waals surface area (Å²) in [6.07, 6.45) is -0.871. The van der Waals surface area contributed by atoms with Crippen LogP contribution in [0, 0.1) is 3.57 Å². The molecular formula is C10H12INO3. The monoisotopic (exact) mass is 321 g/mol. The minimum absolute atomic E-state index is 0.318. The summed E-state index contributed by atoms with van der Waals surface area (Å²) in [4.78, 5) is 11.5. The number of carbonyl (C=O) groups is 1. The highest BCUT2D eigenvalue weighted by Crippen LogP contribution is 2.11. The molecule has 0 spiro atoms. The predicted molar refractivity (Wildman–Crippen MR) is 65.6 cm³/mol. The van der Waals surface area contributed by atoms with Crippen LogP contribution in [0.5, 0.6) is 0 Å². The molecule has 0 saturated carbocycles. The topological polar surface area (TPSA) is 47.6 Å². The summed E-state index contributed by atoms with van der Waals surface area (Å²) >= 11 is 2.20. The van der Waals surface area contributed by atoms with Crippen LogP contribution in [0.15, 0.2) is 24.3 Å². The molecule has 4 nitrogen and oxygen atoms in total. The maximum atomic E-state index is 11.5. The van der Waals surface area contributed by atoms with Crippen molar-refractivity contribution in [2.45, 2.75) is 6.29 Å². The maximum Gasteiger partial charge on any atom is 0.281 e. The summed E-state index contributed by atoms with van der Waals surface area (Å²) in [5.74, 6) is -0.318. The average molecular weight is 321 g/mol. The molecule has 0 saturated heterocycles. The van der Waals surface area contributed by atoms with Crippen LogP contribution in [-0.4, -0.2) is 26.4 Å². The van der Waals surface area contributed by atoms with Gasteiger partial charge in [0, 0.05) is 23.5 Å². The fourth-order valence-electron chi connectivity index (χ4n) is 1.04. The molecule has 0 atom stereocenters. The molecule has 0 aromatic heterocycles. The Morgan fingerprint density at radius 3 is 2.27 bits per heavy atom. The van der Waals surface area contributed by atoms with E-state index in [1.807, 2.05) is 24.3 Å². The predicted octanol–water partition coefficient (Wildman–Crippen LogP) is 1.85. The molecule has 0 radical (unpaired) electrons. The molecule has 1 N–H and O–H groups in total. The summed E-state index contributed by atoms with van der Waals surface area (Å²) < 4.78 is 10.8. The van der Waals surface area contributed by atoms with Gasteiger partial charge in [-0.1, -0.05) is 0 Å². The lowest BCUT2D eigenvalue weighted by molar-refractivity contribution is -0.153. The van der Waals surface area contributed by atoms with Gasteiger partial charge in [0.15, 0.2) is 0 Å². The van der Waals surface area contributed by atoms with E-state index in [2.05, 4.69) is 27.9 Å². The van der Waals surface area contributed by atoms with Crippen molar-refractivity contribution in [3.8, 4) is 0 Å². The van der Waals surface area contributed by atoms with Gasteiger partial charge in [0.25, 0.3) is 5.91 Å². The molecular weight excluding hydrogens is 309 g/mol. The van der Waals surface area contributed by atoms with Crippen LogP contribution >= 0.6 is 22.6 Å². The molecule has 0 bridgehead atoms. The van der Waals surface area contributed by atoms with Gasteiger partial charge < -0.3 is 14.8 Å². The van der Waals surface area contributed by atoms with Gasteiger partial charge in [-0.3, -0.25) is 4.79 Å². The van der Waals surface area contributed by atoms with Gasteiger partial charge in [-0.2, -0.15) is 0 Å². The minimum atomic E-state index is -0.871. The zero-order valence-electron chi connectivity index (χ0n) is 8.49. The standard InChI is InChI=1S/C10H12INO3/c1-14-10(15-2)9(13)12-8-5-3-7(11)4-6-8/h3-6,10H,1-2H3,(H,12,13). The second kappa shape index (κ2) is 6.04. The van der Waals surface area contributed by atoms with E-state index >= 15 is 0 Å². The molecule has 0 aliphatic carbocycles. The highest BCUT2D eigenvalue weighted by molar-refractivity contribution is 14.1. The maximum absolute atomic E-state index is 11.5. The number of methoxy groups -OCH3 is 2. The van der Waals surface area contributed by atoms with Crippen LogP contribution < -0.4 is 5.32 Å². The molecule has 15 heavy (non-hydrogen) atoms. The number of anilines is 1. The van der Waals surface area contributed by atoms with Crippen LogP contribution in [0.3, 0.4) is 0 Å². The van der Waals surface area contributed by atoms with Gasteiger partial charge in [0.2, 0.25) is 6.29 Å². The summed E-state index contributed by atoms with van der Waals surface area (Å²) in [7, 11) is 2.84. The molecule has 5 heteroatoms. The number of ether oxygens (including phenoxy) is 2. The largest absolute Gasteiger partial charge is 0.348 e. The van der Waals surface area contributed by atoms with Crippen molar-refractivity contribution in [1.82, 2.24) is 0 Å². The Balaban J connectivity index is 2.61. The number of halogens is 1. The van der Waals surface area contributed by atoms with Crippen LogP contribution in [-0.2, 0) is 14.3 Å². The Morgan fingerprint density at radius 1 is 1.27 bits per heavy atom. The molecule has 1 amide bonds. The molecule has 0 aliphatic heterocycles. The van der Waals surface area contributed by atoms with Gasteiger partial charge >= 0.3 is 0 Å². The Kier molecular flexibility index (Phi) is 5.00. The zero-order valence-corrected chi connectivity index (χ0v) is 10.6. The molecule has 0 fully saturated rings. The SMILES string of the molecule is COC(OC)C(=O)Nc1ccc(I)cc1. The van der Waals surface area contributed by atoms with Crippen LogP contribution in [0.25, 0.3) is 0 Å². The number of hydrogen-bond acceptors (Lipinski definition) is 3. The van der Waals surface area contributed by atoms with Gasteiger partial charge in [0.1, 0.15) is 0 Å². The second-order valence-corrected chi connectivity index (χ2v) is 4.05. The third-order valence-electron chi connectivity index (χ3n) is 1.75. The molecule has 1 aromatic carbocycles. The van der Waals surface area contributed by atoms with Gasteiger partial charge in [-0.05, 0) is 46.9 Å². The smallest absolute Gasteiger partial charge is 0.281 e. The first-order valence-electron chi connectivity index (χ1n) is 4.29. The van der Waals surface area contributed by atoms with E-state index in [0.717, 1.165) is 9.26 Å². The normalized spacial score (nSPS) is 10.4. The van der Waals surface area contributed by atoms with Crippen LogP contribution in [0.2, 0.25) is 0 Å². The van der Waals surface area contributed by atoms with Crippen molar-refractivity contribution in [3.05, 3.63) is 27.8 Å². The minimum Gasteiger partial charge on any atom is -0.348 e. The zero-order chi connectivity index (χ0) is 11.3. The van der Waals surface area contributed by atoms with E-state index in [-0.39, 0.29) is 5.91 Å². The number of rotatable bonds is 4. The first-order chi connectivity index (χ1) is 7.17. The Bertz CT molecular complexity index is 322. The van der Waals surface area contributed by atoms with Crippen molar-refractivity contribution in [3.63, 3.8) is 0 Å². The lowest BCUT2D eigenvalue weighted by Gasteiger charge is -2.13. The molecule has 1 rings (SSSR count). The molecule has 0 aliphatic rings. The van der Waals surface area contributed by atoms with Crippen molar-refractivity contribution >= 4 is 34.2 Å². The summed E-state index contributed by atoms with van der Waals surface area (Å²) in [5.41, 5.74) is 0.722. The van der Waals surface area contributed by atoms with E-state index in [1.165, 1.54) is 14.2 Å². The number of benzene rings is 1. The second-order valence-electron chi connectivity index (χ2n) is 2.80. The summed E-state index contributed by atoms with van der Waals surface area (Å²) in [6, 6.07) is 7.46. The van der Waals surface area contributed by atoms with Crippen LogP contribution in [0.1, 0.15) is 0 Å². The van der Waals surface area contributed by atoms with Gasteiger partial charge in [-0.15, -0.1) is 0 Å². The number of amides is 1. The van der Waals surface area contributed by atoms with E-state index in [1.54, 1.807) is 0 Å². The average Bonchev–Trinajstić information content (AvgIpc) is 2.23. The fourth-order valence-corrected chi connectivity index (χ4v) is 1.40. The van der Waals surface area contributed by atoms with Gasteiger partial charge in [-0.25, -0.2) is 0 Å². The van der Waals surface area contributed by atoms with E-state index in [4.69, 9.17) is 9.47 Å². The quantitative estimate of drug-likeness (QED) is 0.680. The van der Waals surface area contributed by atoms with Crippen LogP contribution in [0.4, 0.5) is 5.69 Å². The lowest BCUT2D eigenvalue weighted by Crippen LogP contribution is -2.30. The fraction of sp³-hybridized carbons (Fsp3) is 0.300. The summed E-state index contributed by atoms with van der Waals surface area (Å²) in [5, 5.41) is 2.68.